The summed E-state index contributed by atoms with van der Waals surface area (Å²) in [5, 5.41) is 0. The Labute approximate surface area is 122 Å². The molecule has 0 aromatic heterocycles. The summed E-state index contributed by atoms with van der Waals surface area (Å²) in [5.74, 6) is 0. The second-order valence-corrected chi connectivity index (χ2v) is 6.64. The third kappa shape index (κ3) is 5.72. The molecule has 0 bridgehead atoms. The van der Waals surface area contributed by atoms with Crippen molar-refractivity contribution in [1.82, 2.24) is 4.72 Å². The van der Waals surface area contributed by atoms with Gasteiger partial charge in [0.15, 0.2) is 0 Å². The van der Waals surface area contributed by atoms with Crippen LogP contribution < -0.4 is 4.72 Å². The van der Waals surface area contributed by atoms with Crippen LogP contribution in [0.2, 0.25) is 0 Å². The maximum absolute atomic E-state index is 12.0. The van der Waals surface area contributed by atoms with Gasteiger partial charge in [-0.15, -0.1) is 6.58 Å². The van der Waals surface area contributed by atoms with Gasteiger partial charge in [0, 0.05) is 6.54 Å². The number of benzene rings is 1. The highest BCUT2D eigenvalue weighted by atomic mass is 32.2. The molecule has 110 valence electrons. The normalized spacial score (nSPS) is 12.4. The zero-order valence-corrected chi connectivity index (χ0v) is 13.0. The van der Waals surface area contributed by atoms with Gasteiger partial charge in [0.2, 0.25) is 10.0 Å². The van der Waals surface area contributed by atoms with E-state index in [9.17, 15) is 8.42 Å². The monoisotopic (exact) mass is 293 g/mol. The minimum atomic E-state index is -3.39. The number of nitrogens with one attached hydrogen (secondary N) is 1. The van der Waals surface area contributed by atoms with Gasteiger partial charge in [0.05, 0.1) is 4.90 Å². The molecule has 1 N–H and O–H groups in total. The number of aryl methyl sites for hydroxylation is 1. The highest BCUT2D eigenvalue weighted by molar-refractivity contribution is 7.89. The number of allylic oxidation sites excluding steroid dienone is 2. The molecule has 1 rings (SSSR count). The van der Waals surface area contributed by atoms with E-state index in [0.29, 0.717) is 17.9 Å². The molecule has 0 atom stereocenters. The Morgan fingerprint density at radius 1 is 1.25 bits per heavy atom. The van der Waals surface area contributed by atoms with Gasteiger partial charge >= 0.3 is 0 Å². The number of rotatable bonds is 8. The molecule has 0 unspecified atom stereocenters. The fourth-order valence-electron chi connectivity index (χ4n) is 1.74. The van der Waals surface area contributed by atoms with Gasteiger partial charge in [-0.05, 0) is 45.2 Å². The molecule has 0 amide bonds. The van der Waals surface area contributed by atoms with Gasteiger partial charge < -0.3 is 0 Å². The van der Waals surface area contributed by atoms with Crippen molar-refractivity contribution < 1.29 is 8.42 Å². The Morgan fingerprint density at radius 3 is 2.50 bits per heavy atom. The van der Waals surface area contributed by atoms with E-state index in [1.165, 1.54) is 5.57 Å². The molecule has 4 heteroatoms. The van der Waals surface area contributed by atoms with Crippen LogP contribution in [0.5, 0.6) is 0 Å². The van der Waals surface area contributed by atoms with Crippen molar-refractivity contribution in [3.8, 4) is 0 Å². The van der Waals surface area contributed by atoms with Crippen molar-refractivity contribution in [3.05, 3.63) is 54.1 Å². The molecule has 1 aromatic carbocycles. The molecule has 0 spiro atoms. The van der Waals surface area contributed by atoms with Crippen LogP contribution in [0, 0.1) is 6.92 Å². The quantitative estimate of drug-likeness (QED) is 0.588. The van der Waals surface area contributed by atoms with E-state index >= 15 is 0 Å². The molecular formula is C16H23NO2S. The van der Waals surface area contributed by atoms with Gasteiger partial charge in [-0.2, -0.15) is 0 Å². The number of sulfonamides is 1. The summed E-state index contributed by atoms with van der Waals surface area (Å²) in [4.78, 5) is 0.315. The molecule has 20 heavy (non-hydrogen) atoms. The molecule has 0 fully saturated rings. The average molecular weight is 293 g/mol. The molecule has 0 saturated carbocycles. The molecule has 0 aliphatic carbocycles. The minimum absolute atomic E-state index is 0.315. The molecule has 0 aliphatic heterocycles. The van der Waals surface area contributed by atoms with Gasteiger partial charge in [-0.25, -0.2) is 13.1 Å². The minimum Gasteiger partial charge on any atom is -0.211 e. The van der Waals surface area contributed by atoms with Crippen molar-refractivity contribution in [2.45, 2.75) is 38.0 Å². The van der Waals surface area contributed by atoms with Crippen LogP contribution in [0.1, 0.15) is 31.7 Å². The Kier molecular flexibility index (Phi) is 6.68. The van der Waals surface area contributed by atoms with Gasteiger partial charge in [0.25, 0.3) is 0 Å². The lowest BCUT2D eigenvalue weighted by Gasteiger charge is -2.06. The lowest BCUT2D eigenvalue weighted by molar-refractivity contribution is 0.582. The van der Waals surface area contributed by atoms with Gasteiger partial charge in [-0.1, -0.05) is 35.4 Å². The zero-order chi connectivity index (χ0) is 15.0. The Morgan fingerprint density at radius 2 is 1.90 bits per heavy atom. The van der Waals surface area contributed by atoms with Crippen LogP contribution in [0.3, 0.4) is 0 Å². The first-order valence-electron chi connectivity index (χ1n) is 6.78. The third-order valence-electron chi connectivity index (χ3n) is 3.00. The highest BCUT2D eigenvalue weighted by Crippen LogP contribution is 2.10. The van der Waals surface area contributed by atoms with Crippen molar-refractivity contribution in [1.29, 1.82) is 0 Å². The van der Waals surface area contributed by atoms with E-state index in [0.717, 1.165) is 18.4 Å². The van der Waals surface area contributed by atoms with Gasteiger partial charge in [-0.3, -0.25) is 0 Å². The number of hydrogen-bond donors (Lipinski definition) is 1. The molecule has 0 heterocycles. The smallest absolute Gasteiger partial charge is 0.211 e. The van der Waals surface area contributed by atoms with Gasteiger partial charge in [0.1, 0.15) is 0 Å². The fraction of sp³-hybridized carbons (Fsp3) is 0.375. The van der Waals surface area contributed by atoms with Crippen molar-refractivity contribution in [3.63, 3.8) is 0 Å². The largest absolute Gasteiger partial charge is 0.240 e. The topological polar surface area (TPSA) is 46.2 Å². The van der Waals surface area contributed by atoms with Crippen LogP contribution in [0.25, 0.3) is 0 Å². The van der Waals surface area contributed by atoms with Crippen molar-refractivity contribution in [2.24, 2.45) is 0 Å². The lowest BCUT2D eigenvalue weighted by atomic mass is 10.1. The maximum Gasteiger partial charge on any atom is 0.240 e. The molecule has 0 saturated heterocycles. The van der Waals surface area contributed by atoms with Crippen LogP contribution in [0.4, 0.5) is 0 Å². The highest BCUT2D eigenvalue weighted by Gasteiger charge is 2.11. The van der Waals surface area contributed by atoms with E-state index < -0.39 is 10.0 Å². The molecule has 0 radical (unpaired) electrons. The first-order valence-corrected chi connectivity index (χ1v) is 8.27. The standard InChI is InChI=1S/C16H23NO2S/c1-4-5-7-14(2)8-6-13-17-20(18,19)16-11-9-15(3)10-12-16/h4,8-12,17H,1,5-7,13H2,2-3H3/b14-8+. The van der Waals surface area contributed by atoms with Crippen molar-refractivity contribution >= 4 is 10.0 Å². The van der Waals surface area contributed by atoms with E-state index in [1.807, 2.05) is 13.0 Å². The Bertz CT molecular complexity index is 557. The Hall–Kier alpha value is -1.39. The van der Waals surface area contributed by atoms with Crippen LogP contribution >= 0.6 is 0 Å². The molecular weight excluding hydrogens is 270 g/mol. The zero-order valence-electron chi connectivity index (χ0n) is 12.2. The average Bonchev–Trinajstić information content (AvgIpc) is 2.42. The second kappa shape index (κ2) is 8.02. The first kappa shape index (κ1) is 16.7. The summed E-state index contributed by atoms with van der Waals surface area (Å²) in [7, 11) is -3.39. The van der Waals surface area contributed by atoms with Crippen LogP contribution in [-0.2, 0) is 10.0 Å². The SMILES string of the molecule is C=CCC/C(C)=C/CCNS(=O)(=O)c1ccc(C)cc1. The third-order valence-corrected chi connectivity index (χ3v) is 4.48. The van der Waals surface area contributed by atoms with Crippen molar-refractivity contribution in [2.75, 3.05) is 6.54 Å². The molecule has 3 nitrogen and oxygen atoms in total. The molecule has 1 aromatic rings. The van der Waals surface area contributed by atoms with E-state index in [4.69, 9.17) is 0 Å². The summed E-state index contributed by atoms with van der Waals surface area (Å²) in [6, 6.07) is 6.85. The Balaban J connectivity index is 2.48. The summed E-state index contributed by atoms with van der Waals surface area (Å²) >= 11 is 0. The van der Waals surface area contributed by atoms with Crippen LogP contribution in [0.15, 0.2) is 53.5 Å². The molecule has 0 aliphatic rings. The second-order valence-electron chi connectivity index (χ2n) is 4.88. The fourth-order valence-corrected chi connectivity index (χ4v) is 2.79. The first-order chi connectivity index (χ1) is 9.45. The number of hydrogen-bond acceptors (Lipinski definition) is 2. The van der Waals surface area contributed by atoms with E-state index in [2.05, 4.69) is 24.3 Å². The summed E-state index contributed by atoms with van der Waals surface area (Å²) in [6.07, 6.45) is 6.60. The predicted octanol–water partition coefficient (Wildman–Crippen LogP) is 3.58. The predicted molar refractivity (Wildman–Crippen MR) is 84.2 cm³/mol. The maximum atomic E-state index is 12.0. The summed E-state index contributed by atoms with van der Waals surface area (Å²) in [5.41, 5.74) is 2.31. The van der Waals surface area contributed by atoms with E-state index in [1.54, 1.807) is 24.3 Å². The lowest BCUT2D eigenvalue weighted by Crippen LogP contribution is -2.24. The summed E-state index contributed by atoms with van der Waals surface area (Å²) in [6.45, 7) is 8.09. The van der Waals surface area contributed by atoms with E-state index in [-0.39, 0.29) is 0 Å². The summed E-state index contributed by atoms with van der Waals surface area (Å²) < 4.78 is 26.6. The van der Waals surface area contributed by atoms with Crippen LogP contribution in [-0.4, -0.2) is 15.0 Å².